The predicted molar refractivity (Wildman–Crippen MR) is 78.5 cm³/mol. The van der Waals surface area contributed by atoms with Crippen LogP contribution in [-0.4, -0.2) is 23.6 Å². The van der Waals surface area contributed by atoms with Gasteiger partial charge in [-0.15, -0.1) is 0 Å². The monoisotopic (exact) mass is 269 g/mol. The van der Waals surface area contributed by atoms with Crippen LogP contribution in [0.1, 0.15) is 22.8 Å². The second-order valence-corrected chi connectivity index (χ2v) is 5.35. The first-order valence-electron chi connectivity index (χ1n) is 6.88. The minimum Gasteiger partial charge on any atom is -0.489 e. The number of β-amino-alcohol motifs (C(OH)–C–C–N with tert-alkyl or cyclic N) is 1. The van der Waals surface area contributed by atoms with Crippen LogP contribution in [0.5, 0.6) is 5.75 Å². The molecule has 1 aliphatic rings. The predicted octanol–water partition coefficient (Wildman–Crippen LogP) is 2.74. The van der Waals surface area contributed by atoms with E-state index in [9.17, 15) is 5.11 Å². The van der Waals surface area contributed by atoms with Crippen molar-refractivity contribution in [3.05, 3.63) is 65.2 Å². The molecule has 2 aromatic carbocycles. The average molecular weight is 269 g/mol. The van der Waals surface area contributed by atoms with Gasteiger partial charge in [0.05, 0.1) is 6.10 Å². The van der Waals surface area contributed by atoms with Crippen molar-refractivity contribution in [3.63, 3.8) is 0 Å². The summed E-state index contributed by atoms with van der Waals surface area (Å²) in [6, 6.07) is 16.1. The molecule has 0 aliphatic carbocycles. The van der Waals surface area contributed by atoms with Crippen molar-refractivity contribution in [2.24, 2.45) is 0 Å². The highest BCUT2D eigenvalue weighted by Gasteiger charge is 2.21. The standard InChI is InChI=1S/C17H19NO2/c1-18-10-14-9-15(7-8-16(14)17(19)11-18)20-12-13-5-3-2-4-6-13/h2-9,17,19H,10-12H2,1H3. The maximum absolute atomic E-state index is 10.0. The van der Waals surface area contributed by atoms with E-state index in [1.54, 1.807) is 0 Å². The van der Waals surface area contributed by atoms with Gasteiger partial charge in [-0.1, -0.05) is 36.4 Å². The highest BCUT2D eigenvalue weighted by molar-refractivity contribution is 5.38. The lowest BCUT2D eigenvalue weighted by Crippen LogP contribution is -2.30. The molecule has 0 fully saturated rings. The fraction of sp³-hybridized carbons (Fsp3) is 0.294. The van der Waals surface area contributed by atoms with E-state index in [0.717, 1.165) is 29.0 Å². The molecule has 1 unspecified atom stereocenters. The molecule has 3 nitrogen and oxygen atoms in total. The molecule has 0 saturated carbocycles. The van der Waals surface area contributed by atoms with Crippen molar-refractivity contribution < 1.29 is 9.84 Å². The normalized spacial score (nSPS) is 18.6. The van der Waals surface area contributed by atoms with E-state index in [4.69, 9.17) is 4.74 Å². The molecule has 0 bridgehead atoms. The average Bonchev–Trinajstić information content (AvgIpc) is 2.45. The number of fused-ring (bicyclic) bond motifs is 1. The van der Waals surface area contributed by atoms with E-state index in [-0.39, 0.29) is 0 Å². The Balaban J connectivity index is 1.74. The summed E-state index contributed by atoms with van der Waals surface area (Å²) < 4.78 is 5.83. The Labute approximate surface area is 119 Å². The molecule has 0 aromatic heterocycles. The van der Waals surface area contributed by atoms with Gasteiger partial charge in [0.15, 0.2) is 0 Å². The van der Waals surface area contributed by atoms with Crippen LogP contribution in [0.15, 0.2) is 48.5 Å². The SMILES string of the molecule is CN1Cc2cc(OCc3ccccc3)ccc2C(O)C1. The maximum atomic E-state index is 10.0. The number of hydrogen-bond donors (Lipinski definition) is 1. The van der Waals surface area contributed by atoms with E-state index in [1.807, 2.05) is 43.4 Å². The van der Waals surface area contributed by atoms with Crippen LogP contribution in [0.25, 0.3) is 0 Å². The van der Waals surface area contributed by atoms with E-state index < -0.39 is 6.10 Å². The maximum Gasteiger partial charge on any atom is 0.120 e. The summed E-state index contributed by atoms with van der Waals surface area (Å²) in [5.74, 6) is 0.857. The number of aliphatic hydroxyl groups is 1. The lowest BCUT2D eigenvalue weighted by molar-refractivity contribution is 0.107. The lowest BCUT2D eigenvalue weighted by atomic mass is 9.97. The van der Waals surface area contributed by atoms with Gasteiger partial charge in [0.1, 0.15) is 12.4 Å². The Bertz CT molecular complexity index is 583. The van der Waals surface area contributed by atoms with Crippen LogP contribution in [0.3, 0.4) is 0 Å². The molecule has 1 N–H and O–H groups in total. The van der Waals surface area contributed by atoms with Gasteiger partial charge >= 0.3 is 0 Å². The van der Waals surface area contributed by atoms with Crippen molar-refractivity contribution in [1.29, 1.82) is 0 Å². The molecule has 0 radical (unpaired) electrons. The van der Waals surface area contributed by atoms with E-state index in [2.05, 4.69) is 17.0 Å². The molecule has 1 aliphatic heterocycles. The van der Waals surface area contributed by atoms with Crippen molar-refractivity contribution in [1.82, 2.24) is 4.90 Å². The van der Waals surface area contributed by atoms with E-state index in [1.165, 1.54) is 0 Å². The van der Waals surface area contributed by atoms with Crippen molar-refractivity contribution in [2.45, 2.75) is 19.3 Å². The van der Waals surface area contributed by atoms with Gasteiger partial charge in [-0.05, 0) is 35.9 Å². The van der Waals surface area contributed by atoms with Crippen molar-refractivity contribution >= 4 is 0 Å². The summed E-state index contributed by atoms with van der Waals surface area (Å²) >= 11 is 0. The van der Waals surface area contributed by atoms with Gasteiger partial charge < -0.3 is 9.84 Å². The third-order valence-electron chi connectivity index (χ3n) is 3.65. The fourth-order valence-corrected chi connectivity index (χ4v) is 2.62. The molecular weight excluding hydrogens is 250 g/mol. The lowest BCUT2D eigenvalue weighted by Gasteiger charge is -2.29. The molecule has 0 spiro atoms. The second kappa shape index (κ2) is 5.65. The number of aliphatic hydroxyl groups excluding tert-OH is 1. The zero-order valence-electron chi connectivity index (χ0n) is 11.6. The first kappa shape index (κ1) is 13.2. The van der Waals surface area contributed by atoms with Crippen LogP contribution in [-0.2, 0) is 13.2 Å². The number of benzene rings is 2. The van der Waals surface area contributed by atoms with Gasteiger partial charge in [-0.3, -0.25) is 4.90 Å². The van der Waals surface area contributed by atoms with Crippen LogP contribution in [0, 0.1) is 0 Å². The number of ether oxygens (including phenoxy) is 1. The Morgan fingerprint density at radius 1 is 1.20 bits per heavy atom. The molecule has 20 heavy (non-hydrogen) atoms. The minimum absolute atomic E-state index is 0.396. The molecule has 2 aromatic rings. The number of hydrogen-bond acceptors (Lipinski definition) is 3. The Morgan fingerprint density at radius 3 is 2.80 bits per heavy atom. The Hall–Kier alpha value is -1.84. The third-order valence-corrected chi connectivity index (χ3v) is 3.65. The summed E-state index contributed by atoms with van der Waals surface area (Å²) in [5, 5.41) is 10.0. The molecule has 104 valence electrons. The van der Waals surface area contributed by atoms with Gasteiger partial charge in [0, 0.05) is 13.1 Å². The van der Waals surface area contributed by atoms with Crippen LogP contribution < -0.4 is 4.74 Å². The zero-order valence-corrected chi connectivity index (χ0v) is 11.6. The third kappa shape index (κ3) is 2.84. The highest BCUT2D eigenvalue weighted by atomic mass is 16.5. The highest BCUT2D eigenvalue weighted by Crippen LogP contribution is 2.29. The Morgan fingerprint density at radius 2 is 2.00 bits per heavy atom. The molecule has 3 rings (SSSR count). The minimum atomic E-state index is -0.396. The quantitative estimate of drug-likeness (QED) is 0.930. The molecule has 0 amide bonds. The first-order chi connectivity index (χ1) is 9.72. The molecule has 3 heteroatoms. The summed E-state index contributed by atoms with van der Waals surface area (Å²) in [6.07, 6.45) is -0.396. The van der Waals surface area contributed by atoms with Gasteiger partial charge in [-0.25, -0.2) is 0 Å². The van der Waals surface area contributed by atoms with Crippen molar-refractivity contribution in [2.75, 3.05) is 13.6 Å². The molecule has 0 saturated heterocycles. The first-order valence-corrected chi connectivity index (χ1v) is 6.88. The van der Waals surface area contributed by atoms with Gasteiger partial charge in [0.25, 0.3) is 0 Å². The van der Waals surface area contributed by atoms with Gasteiger partial charge in [0.2, 0.25) is 0 Å². The molecular formula is C17H19NO2. The van der Waals surface area contributed by atoms with Crippen LogP contribution in [0.2, 0.25) is 0 Å². The zero-order chi connectivity index (χ0) is 13.9. The number of likely N-dealkylation sites (N-methyl/N-ethyl adjacent to an activating group) is 1. The topological polar surface area (TPSA) is 32.7 Å². The Kier molecular flexibility index (Phi) is 3.72. The largest absolute Gasteiger partial charge is 0.489 e. The number of nitrogens with zero attached hydrogens (tertiary/aromatic N) is 1. The van der Waals surface area contributed by atoms with Crippen LogP contribution in [0.4, 0.5) is 0 Å². The number of rotatable bonds is 3. The van der Waals surface area contributed by atoms with Crippen molar-refractivity contribution in [3.8, 4) is 5.75 Å². The summed E-state index contributed by atoms with van der Waals surface area (Å²) in [6.45, 7) is 2.12. The summed E-state index contributed by atoms with van der Waals surface area (Å²) in [5.41, 5.74) is 3.33. The fourth-order valence-electron chi connectivity index (χ4n) is 2.62. The van der Waals surface area contributed by atoms with E-state index in [0.29, 0.717) is 13.2 Å². The summed E-state index contributed by atoms with van der Waals surface area (Å²) in [7, 11) is 2.02. The molecule has 1 heterocycles. The summed E-state index contributed by atoms with van der Waals surface area (Å²) in [4.78, 5) is 2.12. The second-order valence-electron chi connectivity index (χ2n) is 5.35. The van der Waals surface area contributed by atoms with Crippen LogP contribution >= 0.6 is 0 Å². The van der Waals surface area contributed by atoms with E-state index >= 15 is 0 Å². The van der Waals surface area contributed by atoms with Gasteiger partial charge in [-0.2, -0.15) is 0 Å². The molecule has 1 atom stereocenters. The smallest absolute Gasteiger partial charge is 0.120 e.